The largest absolute Gasteiger partial charge is 0.388 e. The van der Waals surface area contributed by atoms with Gasteiger partial charge in [0.1, 0.15) is 13.3 Å². The Hall–Kier alpha value is -1.10. The smallest absolute Gasteiger partial charge is 0.243 e. The first-order valence-electron chi connectivity index (χ1n) is 2.81. The zero-order chi connectivity index (χ0) is 7.98. The number of amides is 1. The molecule has 0 atom stereocenters. The molecule has 0 saturated heterocycles. The summed E-state index contributed by atoms with van der Waals surface area (Å²) in [4.78, 5) is 14.1. The Labute approximate surface area is 58.9 Å². The minimum absolute atomic E-state index is 0.0249. The van der Waals surface area contributed by atoms with Gasteiger partial charge < -0.3 is 16.2 Å². The normalized spacial score (nSPS) is 11.2. The minimum Gasteiger partial charge on any atom is -0.388 e. The third kappa shape index (κ3) is 5.04. The standard InChI is InChI=1S/C5H11N3O2/c1-4(6)7-2-5(10)8-3-9/h9H,2-3H2,1H3,(H2,6,7)(H,8,10). The summed E-state index contributed by atoms with van der Waals surface area (Å²) in [5.74, 6) is 0.0142. The van der Waals surface area contributed by atoms with Gasteiger partial charge in [0.05, 0.1) is 5.84 Å². The summed E-state index contributed by atoms with van der Waals surface area (Å²) in [6.45, 7) is 1.20. The summed E-state index contributed by atoms with van der Waals surface area (Å²) in [7, 11) is 0. The topological polar surface area (TPSA) is 87.7 Å². The number of nitrogens with one attached hydrogen (secondary N) is 1. The molecule has 0 spiro atoms. The molecule has 5 nitrogen and oxygen atoms in total. The van der Waals surface area contributed by atoms with E-state index < -0.39 is 0 Å². The average molecular weight is 145 g/mol. The van der Waals surface area contributed by atoms with Crippen LogP contribution in [0, 0.1) is 0 Å². The van der Waals surface area contributed by atoms with Gasteiger partial charge in [0.15, 0.2) is 0 Å². The molecule has 0 bridgehead atoms. The van der Waals surface area contributed by atoms with Gasteiger partial charge in [-0.15, -0.1) is 0 Å². The highest BCUT2D eigenvalue weighted by Crippen LogP contribution is 1.70. The van der Waals surface area contributed by atoms with E-state index in [0.717, 1.165) is 0 Å². The van der Waals surface area contributed by atoms with Gasteiger partial charge in [-0.05, 0) is 6.92 Å². The molecular formula is C5H11N3O2. The molecular weight excluding hydrogens is 134 g/mol. The number of hydrogen-bond acceptors (Lipinski definition) is 3. The number of carbonyl (C=O) groups excluding carboxylic acids is 1. The molecule has 0 heterocycles. The van der Waals surface area contributed by atoms with E-state index in [1.807, 2.05) is 0 Å². The lowest BCUT2D eigenvalue weighted by molar-refractivity contribution is -0.120. The molecule has 0 rings (SSSR count). The van der Waals surface area contributed by atoms with Crippen molar-refractivity contribution < 1.29 is 9.90 Å². The zero-order valence-corrected chi connectivity index (χ0v) is 5.79. The van der Waals surface area contributed by atoms with Crippen LogP contribution in [0.2, 0.25) is 0 Å². The van der Waals surface area contributed by atoms with E-state index >= 15 is 0 Å². The molecule has 0 aliphatic heterocycles. The Kier molecular flexibility index (Phi) is 4.23. The van der Waals surface area contributed by atoms with Crippen molar-refractivity contribution in [1.82, 2.24) is 5.32 Å². The molecule has 0 aliphatic rings. The van der Waals surface area contributed by atoms with Crippen LogP contribution < -0.4 is 11.1 Å². The molecule has 0 aromatic rings. The van der Waals surface area contributed by atoms with Gasteiger partial charge in [-0.1, -0.05) is 0 Å². The molecule has 0 aliphatic carbocycles. The van der Waals surface area contributed by atoms with Crippen molar-refractivity contribution >= 4 is 11.7 Å². The third-order valence-electron chi connectivity index (χ3n) is 0.748. The third-order valence-corrected chi connectivity index (χ3v) is 0.748. The van der Waals surface area contributed by atoms with Crippen LogP contribution in [-0.4, -0.2) is 30.1 Å². The maximum absolute atomic E-state index is 10.5. The van der Waals surface area contributed by atoms with Crippen molar-refractivity contribution in [2.24, 2.45) is 10.7 Å². The molecule has 0 fully saturated rings. The van der Waals surface area contributed by atoms with Gasteiger partial charge >= 0.3 is 0 Å². The lowest BCUT2D eigenvalue weighted by atomic mass is 10.6. The van der Waals surface area contributed by atoms with Crippen LogP contribution in [0.5, 0.6) is 0 Å². The Morgan fingerprint density at radius 1 is 1.80 bits per heavy atom. The van der Waals surface area contributed by atoms with Crippen molar-refractivity contribution in [3.05, 3.63) is 0 Å². The maximum Gasteiger partial charge on any atom is 0.243 e. The number of carbonyl (C=O) groups is 1. The van der Waals surface area contributed by atoms with E-state index in [1.54, 1.807) is 6.92 Å². The lowest BCUT2D eigenvalue weighted by Gasteiger charge is -1.96. The minimum atomic E-state index is -0.363. The first-order chi connectivity index (χ1) is 4.66. The average Bonchev–Trinajstić information content (AvgIpc) is 1.85. The van der Waals surface area contributed by atoms with Crippen LogP contribution in [0.4, 0.5) is 0 Å². The van der Waals surface area contributed by atoms with Gasteiger partial charge in [-0.25, -0.2) is 0 Å². The second-order valence-electron chi connectivity index (χ2n) is 1.72. The number of aliphatic imine (C=N–C) groups is 1. The number of nitrogens with zero attached hydrogens (tertiary/aromatic N) is 1. The number of aliphatic hydroxyl groups is 1. The van der Waals surface area contributed by atoms with Gasteiger partial charge in [0, 0.05) is 0 Å². The fourth-order valence-corrected chi connectivity index (χ4v) is 0.341. The monoisotopic (exact) mass is 145 g/mol. The zero-order valence-electron chi connectivity index (χ0n) is 5.79. The molecule has 5 heteroatoms. The van der Waals surface area contributed by atoms with Crippen LogP contribution in [0.15, 0.2) is 4.99 Å². The first kappa shape index (κ1) is 8.90. The van der Waals surface area contributed by atoms with Crippen LogP contribution >= 0.6 is 0 Å². The SMILES string of the molecule is CC(N)=NCC(=O)NCO. The molecule has 4 N–H and O–H groups in total. The van der Waals surface area contributed by atoms with E-state index in [2.05, 4.69) is 10.3 Å². The van der Waals surface area contributed by atoms with Gasteiger partial charge in [-0.2, -0.15) is 0 Å². The van der Waals surface area contributed by atoms with Crippen LogP contribution in [-0.2, 0) is 4.79 Å². The first-order valence-corrected chi connectivity index (χ1v) is 2.81. The summed E-state index contributed by atoms with van der Waals surface area (Å²) in [5, 5.41) is 10.3. The predicted octanol–water partition coefficient (Wildman–Crippen LogP) is -1.57. The highest BCUT2D eigenvalue weighted by atomic mass is 16.3. The van der Waals surface area contributed by atoms with E-state index in [1.165, 1.54) is 0 Å². The van der Waals surface area contributed by atoms with Crippen LogP contribution in [0.1, 0.15) is 6.92 Å². The Balaban J connectivity index is 3.49. The van der Waals surface area contributed by atoms with Crippen molar-refractivity contribution in [3.63, 3.8) is 0 Å². The maximum atomic E-state index is 10.5. The molecule has 0 saturated carbocycles. The number of rotatable bonds is 3. The van der Waals surface area contributed by atoms with E-state index in [9.17, 15) is 4.79 Å². The number of amidine groups is 1. The number of hydrogen-bond donors (Lipinski definition) is 3. The molecule has 58 valence electrons. The Morgan fingerprint density at radius 2 is 2.40 bits per heavy atom. The lowest BCUT2D eigenvalue weighted by Crippen LogP contribution is -2.27. The highest BCUT2D eigenvalue weighted by molar-refractivity contribution is 5.83. The van der Waals surface area contributed by atoms with E-state index in [-0.39, 0.29) is 19.2 Å². The Morgan fingerprint density at radius 3 is 2.80 bits per heavy atom. The quantitative estimate of drug-likeness (QED) is 0.255. The second-order valence-corrected chi connectivity index (χ2v) is 1.72. The Bertz CT molecular complexity index is 140. The highest BCUT2D eigenvalue weighted by Gasteiger charge is 1.94. The molecule has 0 radical (unpaired) electrons. The predicted molar refractivity (Wildman–Crippen MR) is 37.4 cm³/mol. The van der Waals surface area contributed by atoms with Crippen molar-refractivity contribution in [2.75, 3.05) is 13.3 Å². The van der Waals surface area contributed by atoms with Crippen molar-refractivity contribution in [1.29, 1.82) is 0 Å². The molecule has 0 unspecified atom stereocenters. The summed E-state index contributed by atoms with van der Waals surface area (Å²) in [6, 6.07) is 0. The number of nitrogens with two attached hydrogens (primary N) is 1. The molecule has 0 aromatic carbocycles. The van der Waals surface area contributed by atoms with E-state index in [0.29, 0.717) is 5.84 Å². The summed E-state index contributed by atoms with van der Waals surface area (Å²) in [5.41, 5.74) is 5.14. The number of aliphatic hydroxyl groups excluding tert-OH is 1. The summed E-state index contributed by atoms with van der Waals surface area (Å²) in [6.07, 6.45) is 0. The fraction of sp³-hybridized carbons (Fsp3) is 0.600. The summed E-state index contributed by atoms with van der Waals surface area (Å²) >= 11 is 0. The van der Waals surface area contributed by atoms with Crippen molar-refractivity contribution in [2.45, 2.75) is 6.92 Å². The van der Waals surface area contributed by atoms with Gasteiger partial charge in [0.2, 0.25) is 5.91 Å². The van der Waals surface area contributed by atoms with Crippen LogP contribution in [0.3, 0.4) is 0 Å². The van der Waals surface area contributed by atoms with Gasteiger partial charge in [0.25, 0.3) is 0 Å². The summed E-state index contributed by atoms with van der Waals surface area (Å²) < 4.78 is 0. The molecule has 10 heavy (non-hydrogen) atoms. The van der Waals surface area contributed by atoms with Crippen LogP contribution in [0.25, 0.3) is 0 Å². The fourth-order valence-electron chi connectivity index (χ4n) is 0.341. The van der Waals surface area contributed by atoms with Crippen molar-refractivity contribution in [3.8, 4) is 0 Å². The van der Waals surface area contributed by atoms with E-state index in [4.69, 9.17) is 10.8 Å². The van der Waals surface area contributed by atoms with Gasteiger partial charge in [-0.3, -0.25) is 9.79 Å². The second kappa shape index (κ2) is 4.75. The molecule has 0 aromatic heterocycles. The molecule has 1 amide bonds.